The van der Waals surface area contributed by atoms with Gasteiger partial charge in [0.1, 0.15) is 6.29 Å². The third kappa shape index (κ3) is 20.2. The zero-order valence-corrected chi connectivity index (χ0v) is 36.7. The number of aliphatic carboxylic acids is 1. The predicted octanol–water partition coefficient (Wildman–Crippen LogP) is 12.2. The molecule has 17 heteroatoms. The summed E-state index contributed by atoms with van der Waals surface area (Å²) < 4.78 is 125. The minimum absolute atomic E-state index is 0.0289. The number of rotatable bonds is 12. The van der Waals surface area contributed by atoms with Gasteiger partial charge in [-0.1, -0.05) is 143 Å². The molecule has 338 valence electrons. The van der Waals surface area contributed by atoms with Crippen LogP contribution in [0.4, 0.5) is 26.3 Å². The first-order valence-corrected chi connectivity index (χ1v) is 22.5. The van der Waals surface area contributed by atoms with Crippen molar-refractivity contribution < 1.29 is 62.4 Å². The lowest BCUT2D eigenvalue weighted by atomic mass is 10.0. The van der Waals surface area contributed by atoms with E-state index in [1.54, 1.807) is 31.2 Å². The fourth-order valence-electron chi connectivity index (χ4n) is 4.79. The number of carbonyl (C=O) groups excluding carboxylic acids is 1. The van der Waals surface area contributed by atoms with Crippen LogP contribution in [0.5, 0.6) is 0 Å². The molecule has 5 rings (SSSR count). The first-order valence-electron chi connectivity index (χ1n) is 18.7. The Labute approximate surface area is 363 Å². The Bertz CT molecular complexity index is 2170. The van der Waals surface area contributed by atoms with Gasteiger partial charge in [-0.2, -0.15) is 8.42 Å². The topological polar surface area (TPSA) is 143 Å². The average Bonchev–Trinajstić information content (AvgIpc) is 3.26. The molecule has 0 heterocycles. The Kier molecular flexibility index (Phi) is 24.1. The summed E-state index contributed by atoms with van der Waals surface area (Å²) in [5, 5.41) is 8.64. The van der Waals surface area contributed by atoms with Gasteiger partial charge >= 0.3 is 5.97 Å². The molecule has 0 aromatic heterocycles. The fourth-order valence-corrected chi connectivity index (χ4v) is 6.04. The van der Waals surface area contributed by atoms with E-state index in [9.17, 15) is 52.8 Å². The van der Waals surface area contributed by atoms with E-state index in [1.165, 1.54) is 57.2 Å². The van der Waals surface area contributed by atoms with Crippen LogP contribution in [0.1, 0.15) is 92.0 Å². The highest BCUT2D eigenvalue weighted by atomic mass is 35.7. The van der Waals surface area contributed by atoms with Crippen molar-refractivity contribution in [1.29, 1.82) is 0 Å². The lowest BCUT2D eigenvalue weighted by Gasteiger charge is -2.10. The van der Waals surface area contributed by atoms with Crippen LogP contribution in [-0.2, 0) is 28.8 Å². The largest absolute Gasteiger partial charge is 0.481 e. The standard InChI is InChI=1S/C9H9ClF2O2S.C9H10F2O3S.C9H10F2.C9H10O2.C9H10O/c1-6(9(11)12)7-2-4-8(5-3-7)15(10,13)14;1-6(9(10)11)7-2-4-8(5-3-7)15(12,13)14;2*1-7(9(10)11)8-5-3-2-4-6-8;1-8(7-10)9-5-3-2-4-6-9/h2-6,9H,1H3;2-6,9H,1H3,(H,12,13,14);2-7,9H,1H3;2-7H,1H3,(H,10,11);2-8H,1H3. The van der Waals surface area contributed by atoms with Crippen molar-refractivity contribution in [2.75, 3.05) is 0 Å². The van der Waals surface area contributed by atoms with Gasteiger partial charge in [0.25, 0.3) is 19.2 Å². The Morgan fingerprint density at radius 1 is 0.500 bits per heavy atom. The molecule has 8 nitrogen and oxygen atoms in total. The number of alkyl halides is 6. The van der Waals surface area contributed by atoms with Crippen molar-refractivity contribution >= 4 is 42.1 Å². The maximum Gasteiger partial charge on any atom is 0.310 e. The predicted molar refractivity (Wildman–Crippen MR) is 229 cm³/mol. The molecule has 5 unspecified atom stereocenters. The third-order valence-corrected chi connectivity index (χ3v) is 11.3. The van der Waals surface area contributed by atoms with Crippen LogP contribution < -0.4 is 0 Å². The summed E-state index contributed by atoms with van der Waals surface area (Å²) in [4.78, 5) is 20.4. The third-order valence-electron chi connectivity index (χ3n) is 9.05. The molecule has 0 spiro atoms. The summed E-state index contributed by atoms with van der Waals surface area (Å²) in [5.41, 5.74) is 3.34. The summed E-state index contributed by atoms with van der Waals surface area (Å²) >= 11 is 0. The molecule has 0 saturated carbocycles. The molecule has 0 aliphatic heterocycles. The first-order chi connectivity index (χ1) is 28.9. The molecule has 0 saturated heterocycles. The normalized spacial score (nSPS) is 13.5. The summed E-state index contributed by atoms with van der Waals surface area (Å²) in [5.74, 6) is -3.69. The SMILES string of the molecule is CC(C(=O)O)c1ccccc1.CC(C=O)c1ccccc1.CC(c1ccc(S(=O)(=O)Cl)cc1)C(F)F.CC(c1ccc(S(=O)(=O)O)cc1)C(F)F.CC(c1ccccc1)C(F)F. The van der Waals surface area contributed by atoms with Crippen LogP contribution in [0.15, 0.2) is 149 Å². The molecule has 0 amide bonds. The number of carbonyl (C=O) groups is 2. The van der Waals surface area contributed by atoms with Crippen molar-refractivity contribution in [2.24, 2.45) is 0 Å². The molecule has 0 bridgehead atoms. The number of hydrogen-bond donors (Lipinski definition) is 2. The molecular formula is C45H49ClF6O8S2. The molecule has 0 fully saturated rings. The van der Waals surface area contributed by atoms with Crippen LogP contribution >= 0.6 is 10.7 Å². The highest BCUT2D eigenvalue weighted by Gasteiger charge is 2.19. The van der Waals surface area contributed by atoms with E-state index in [1.807, 2.05) is 73.7 Å². The number of halogens is 7. The smallest absolute Gasteiger partial charge is 0.310 e. The van der Waals surface area contributed by atoms with E-state index in [-0.39, 0.29) is 15.7 Å². The Morgan fingerprint density at radius 2 is 0.790 bits per heavy atom. The van der Waals surface area contributed by atoms with E-state index >= 15 is 0 Å². The monoisotopic (exact) mass is 930 g/mol. The molecule has 0 radical (unpaired) electrons. The molecular weight excluding hydrogens is 882 g/mol. The molecule has 5 aromatic rings. The molecule has 0 aliphatic rings. The molecule has 2 N–H and O–H groups in total. The zero-order chi connectivity index (χ0) is 47.2. The van der Waals surface area contributed by atoms with Gasteiger partial charge in [0.15, 0.2) is 0 Å². The van der Waals surface area contributed by atoms with Gasteiger partial charge in [0, 0.05) is 34.4 Å². The van der Waals surface area contributed by atoms with Crippen molar-refractivity contribution in [3.8, 4) is 0 Å². The van der Waals surface area contributed by atoms with E-state index in [4.69, 9.17) is 20.3 Å². The molecule has 62 heavy (non-hydrogen) atoms. The second kappa shape index (κ2) is 27.1. The minimum atomic E-state index is -4.25. The van der Waals surface area contributed by atoms with Crippen LogP contribution in [-0.4, -0.2) is 58.0 Å². The van der Waals surface area contributed by atoms with Crippen LogP contribution in [0.3, 0.4) is 0 Å². The second-order valence-corrected chi connectivity index (χ2v) is 17.6. The van der Waals surface area contributed by atoms with Gasteiger partial charge in [0.05, 0.1) is 15.7 Å². The number of carboxylic acid groups (broad SMARTS) is 1. The molecule has 5 aromatic carbocycles. The van der Waals surface area contributed by atoms with E-state index in [0.29, 0.717) is 16.7 Å². The summed E-state index contributed by atoms with van der Waals surface area (Å²) in [6.07, 6.45) is -6.28. The van der Waals surface area contributed by atoms with Crippen molar-refractivity contribution in [2.45, 2.75) is 93.3 Å². The zero-order valence-electron chi connectivity index (χ0n) is 34.3. The minimum Gasteiger partial charge on any atom is -0.481 e. The number of hydrogen-bond acceptors (Lipinski definition) is 6. The Hall–Kier alpha value is -5.03. The first kappa shape index (κ1) is 55.0. The van der Waals surface area contributed by atoms with Crippen molar-refractivity contribution in [3.63, 3.8) is 0 Å². The fraction of sp³-hybridized carbons (Fsp3) is 0.289. The average molecular weight is 931 g/mol. The van der Waals surface area contributed by atoms with Gasteiger partial charge in [0.2, 0.25) is 19.3 Å². The van der Waals surface area contributed by atoms with Crippen molar-refractivity contribution in [1.82, 2.24) is 0 Å². The summed E-state index contributed by atoms with van der Waals surface area (Å²) in [6, 6.07) is 37.6. The van der Waals surface area contributed by atoms with E-state index in [2.05, 4.69) is 0 Å². The van der Waals surface area contributed by atoms with E-state index < -0.39 is 68.1 Å². The maximum absolute atomic E-state index is 12.3. The van der Waals surface area contributed by atoms with Crippen LogP contribution in [0.2, 0.25) is 0 Å². The van der Waals surface area contributed by atoms with Crippen LogP contribution in [0.25, 0.3) is 0 Å². The van der Waals surface area contributed by atoms with Gasteiger partial charge in [-0.3, -0.25) is 9.35 Å². The number of aldehydes is 1. The van der Waals surface area contributed by atoms with Crippen molar-refractivity contribution in [3.05, 3.63) is 167 Å². The molecule has 5 atom stereocenters. The highest BCUT2D eigenvalue weighted by molar-refractivity contribution is 8.13. The lowest BCUT2D eigenvalue weighted by molar-refractivity contribution is -0.138. The Balaban J connectivity index is 0.000000391. The number of benzene rings is 5. The van der Waals surface area contributed by atoms with Gasteiger partial charge in [-0.05, 0) is 59.0 Å². The quantitative estimate of drug-likeness (QED) is 0.0545. The van der Waals surface area contributed by atoms with E-state index in [0.717, 1.165) is 29.5 Å². The summed E-state index contributed by atoms with van der Waals surface area (Å²) in [6.45, 7) is 7.81. The Morgan fingerprint density at radius 3 is 1.06 bits per heavy atom. The second-order valence-electron chi connectivity index (χ2n) is 13.6. The van der Waals surface area contributed by atoms with Gasteiger partial charge in [-0.15, -0.1) is 0 Å². The van der Waals surface area contributed by atoms with Gasteiger partial charge < -0.3 is 9.90 Å². The molecule has 0 aliphatic carbocycles. The van der Waals surface area contributed by atoms with Crippen LogP contribution in [0, 0.1) is 0 Å². The number of carboxylic acids is 1. The maximum atomic E-state index is 12.3. The summed E-state index contributed by atoms with van der Waals surface area (Å²) in [7, 11) is -2.96. The van der Waals surface area contributed by atoms with Gasteiger partial charge in [-0.25, -0.2) is 34.8 Å². The highest BCUT2D eigenvalue weighted by Crippen LogP contribution is 2.26. The lowest BCUT2D eigenvalue weighted by Crippen LogP contribution is -2.06.